The Kier molecular flexibility index (Phi) is 7.75. The van der Waals surface area contributed by atoms with E-state index < -0.39 is 0 Å². The van der Waals surface area contributed by atoms with Crippen molar-refractivity contribution in [1.82, 2.24) is 4.90 Å². The predicted molar refractivity (Wildman–Crippen MR) is 130 cm³/mol. The van der Waals surface area contributed by atoms with E-state index in [-0.39, 0.29) is 11.7 Å². The Balaban J connectivity index is 1.23. The molecule has 2 aromatic rings. The molecule has 0 atom stereocenters. The van der Waals surface area contributed by atoms with Crippen LogP contribution in [0.3, 0.4) is 0 Å². The molecule has 2 heterocycles. The summed E-state index contributed by atoms with van der Waals surface area (Å²) >= 11 is 0. The van der Waals surface area contributed by atoms with Gasteiger partial charge in [0, 0.05) is 25.1 Å². The monoisotopic (exact) mass is 432 g/mol. The molecule has 2 aromatic carbocycles. The fourth-order valence-corrected chi connectivity index (χ4v) is 5.10. The summed E-state index contributed by atoms with van der Waals surface area (Å²) in [6.07, 6.45) is 8.41. The summed E-state index contributed by atoms with van der Waals surface area (Å²) in [7, 11) is 0. The first-order valence-electron chi connectivity index (χ1n) is 12.4. The Labute approximate surface area is 192 Å². The summed E-state index contributed by atoms with van der Waals surface area (Å²) in [6, 6.07) is 14.7. The molecule has 170 valence electrons. The minimum absolute atomic E-state index is 0.195. The van der Waals surface area contributed by atoms with Crippen LogP contribution < -0.4 is 4.90 Å². The van der Waals surface area contributed by atoms with E-state index in [4.69, 9.17) is 0 Å². The van der Waals surface area contributed by atoms with Gasteiger partial charge in [-0.1, -0.05) is 43.7 Å². The first kappa shape index (κ1) is 22.7. The molecule has 0 aromatic heterocycles. The molecular weight excluding hydrogens is 396 g/mol. The van der Waals surface area contributed by atoms with Gasteiger partial charge in [0.1, 0.15) is 0 Å². The molecule has 0 aliphatic carbocycles. The molecule has 0 unspecified atom stereocenters. The van der Waals surface area contributed by atoms with E-state index in [1.807, 2.05) is 11.0 Å². The molecule has 0 saturated carbocycles. The van der Waals surface area contributed by atoms with Crippen LogP contribution in [0.5, 0.6) is 0 Å². The summed E-state index contributed by atoms with van der Waals surface area (Å²) in [6.45, 7) is 6.31. The molecule has 4 nitrogen and oxygen atoms in total. The molecule has 4 heteroatoms. The third-order valence-corrected chi connectivity index (χ3v) is 6.97. The second-order valence-corrected chi connectivity index (χ2v) is 9.23. The smallest absolute Gasteiger partial charge is 0.231 e. The Morgan fingerprint density at radius 1 is 1.00 bits per heavy atom. The van der Waals surface area contributed by atoms with Crippen molar-refractivity contribution < 1.29 is 9.59 Å². The van der Waals surface area contributed by atoms with Crippen LogP contribution in [0.15, 0.2) is 42.5 Å². The number of Topliss-reactive ketones (excluding diaryl/α,β-unsaturated/α-hetero) is 1. The van der Waals surface area contributed by atoms with Gasteiger partial charge >= 0.3 is 0 Å². The summed E-state index contributed by atoms with van der Waals surface area (Å²) in [5.74, 6) is 0.427. The highest BCUT2D eigenvalue weighted by atomic mass is 16.2. The van der Waals surface area contributed by atoms with Crippen LogP contribution in [0.2, 0.25) is 0 Å². The summed E-state index contributed by atoms with van der Waals surface area (Å²) in [5.41, 5.74) is 5.58. The van der Waals surface area contributed by atoms with Gasteiger partial charge in [0.25, 0.3) is 0 Å². The molecule has 0 spiro atoms. The number of carbonyl (C=O) groups excluding carboxylic acids is 2. The number of aryl methyl sites for hydroxylation is 1. The molecule has 32 heavy (non-hydrogen) atoms. The van der Waals surface area contributed by atoms with Crippen molar-refractivity contribution in [3.05, 3.63) is 64.7 Å². The zero-order chi connectivity index (χ0) is 22.3. The lowest BCUT2D eigenvalue weighted by molar-refractivity contribution is -0.117. The lowest BCUT2D eigenvalue weighted by Crippen LogP contribution is -2.27. The number of likely N-dealkylation sites (N-methyl/N-ethyl adjacent to an activating group) is 1. The van der Waals surface area contributed by atoms with Crippen molar-refractivity contribution in [2.45, 2.75) is 64.7 Å². The van der Waals surface area contributed by atoms with E-state index in [2.05, 4.69) is 48.2 Å². The maximum atomic E-state index is 12.9. The van der Waals surface area contributed by atoms with Gasteiger partial charge in [-0.05, 0) is 80.4 Å². The largest absolute Gasteiger partial charge is 0.312 e. The average Bonchev–Trinajstić information content (AvgIpc) is 2.98. The van der Waals surface area contributed by atoms with Crippen molar-refractivity contribution in [2.75, 3.05) is 31.1 Å². The first-order valence-corrected chi connectivity index (χ1v) is 12.4. The summed E-state index contributed by atoms with van der Waals surface area (Å²) < 4.78 is 0. The van der Waals surface area contributed by atoms with E-state index in [9.17, 15) is 9.59 Å². The fraction of sp³-hybridized carbons (Fsp3) is 0.500. The number of ketones is 1. The maximum Gasteiger partial charge on any atom is 0.231 e. The number of rotatable bonds is 11. The molecule has 0 fully saturated rings. The fourth-order valence-electron chi connectivity index (χ4n) is 5.10. The minimum atomic E-state index is 0.195. The molecular formula is C28H36N2O2. The van der Waals surface area contributed by atoms with Gasteiger partial charge in [-0.2, -0.15) is 0 Å². The Bertz CT molecular complexity index is 938. The zero-order valence-electron chi connectivity index (χ0n) is 19.4. The first-order chi connectivity index (χ1) is 15.7. The van der Waals surface area contributed by atoms with Crippen LogP contribution in [0.25, 0.3) is 0 Å². The van der Waals surface area contributed by atoms with Crippen LogP contribution in [-0.4, -0.2) is 42.8 Å². The summed E-state index contributed by atoms with van der Waals surface area (Å²) in [4.78, 5) is 29.7. The van der Waals surface area contributed by atoms with Crippen molar-refractivity contribution >= 4 is 17.4 Å². The van der Waals surface area contributed by atoms with E-state index in [1.54, 1.807) is 0 Å². The van der Waals surface area contributed by atoms with Crippen molar-refractivity contribution in [1.29, 1.82) is 0 Å². The zero-order valence-corrected chi connectivity index (χ0v) is 19.4. The van der Waals surface area contributed by atoms with Crippen LogP contribution in [-0.2, 0) is 24.1 Å². The van der Waals surface area contributed by atoms with Gasteiger partial charge in [0.15, 0.2) is 5.78 Å². The molecule has 1 amide bonds. The number of anilines is 1. The summed E-state index contributed by atoms with van der Waals surface area (Å²) in [5, 5.41) is 0. The van der Waals surface area contributed by atoms with E-state index in [0.29, 0.717) is 12.8 Å². The topological polar surface area (TPSA) is 40.6 Å². The van der Waals surface area contributed by atoms with Gasteiger partial charge in [0.05, 0.1) is 12.1 Å². The number of benzene rings is 2. The van der Waals surface area contributed by atoms with E-state index in [0.717, 1.165) is 87.9 Å². The van der Waals surface area contributed by atoms with Crippen LogP contribution in [0.1, 0.15) is 72.5 Å². The van der Waals surface area contributed by atoms with Crippen LogP contribution in [0.4, 0.5) is 5.69 Å². The Morgan fingerprint density at radius 3 is 2.62 bits per heavy atom. The predicted octanol–water partition coefficient (Wildman–Crippen LogP) is 5.22. The number of amides is 1. The number of carbonyl (C=O) groups is 2. The normalized spacial score (nSPS) is 15.2. The van der Waals surface area contributed by atoms with Gasteiger partial charge in [-0.25, -0.2) is 0 Å². The van der Waals surface area contributed by atoms with E-state index in [1.165, 1.54) is 11.1 Å². The highest BCUT2D eigenvalue weighted by molar-refractivity contribution is 6.05. The quantitative estimate of drug-likeness (QED) is 0.361. The highest BCUT2D eigenvalue weighted by Crippen LogP contribution is 2.37. The van der Waals surface area contributed by atoms with Gasteiger partial charge in [-0.3, -0.25) is 9.59 Å². The van der Waals surface area contributed by atoms with Crippen molar-refractivity contribution in [2.24, 2.45) is 0 Å². The third-order valence-electron chi connectivity index (χ3n) is 6.97. The lowest BCUT2D eigenvalue weighted by Gasteiger charge is -2.20. The average molecular weight is 433 g/mol. The maximum absolute atomic E-state index is 12.9. The van der Waals surface area contributed by atoms with Gasteiger partial charge < -0.3 is 9.80 Å². The lowest BCUT2D eigenvalue weighted by atomic mass is 9.96. The molecule has 4 rings (SSSR count). The standard InChI is InChI=1S/C28H36N2O2/c1-2-29(18-15-22-11-5-3-6-12-22)16-9-4-7-14-26(31)24-19-23-13-8-10-17-30-27(32)21-25(20-24)28(23)30/h3,5-6,11-12,19-20H,2,4,7-10,13-18,21H2,1H3. The second kappa shape index (κ2) is 10.9. The third kappa shape index (κ3) is 5.47. The van der Waals surface area contributed by atoms with Crippen molar-refractivity contribution in [3.8, 4) is 0 Å². The molecule has 2 aliphatic rings. The molecule has 2 aliphatic heterocycles. The molecule has 0 N–H and O–H groups in total. The van der Waals surface area contributed by atoms with Gasteiger partial charge in [0.2, 0.25) is 5.91 Å². The minimum Gasteiger partial charge on any atom is -0.312 e. The highest BCUT2D eigenvalue weighted by Gasteiger charge is 2.31. The SMILES string of the molecule is CCN(CCCCCC(=O)c1cc2c3c(c1)CC(=O)N3CCCC2)CCc1ccccc1. The molecule has 0 radical (unpaired) electrons. The number of hydrogen-bond donors (Lipinski definition) is 0. The van der Waals surface area contributed by atoms with Crippen LogP contribution in [0, 0.1) is 0 Å². The van der Waals surface area contributed by atoms with Crippen LogP contribution >= 0.6 is 0 Å². The van der Waals surface area contributed by atoms with Crippen molar-refractivity contribution in [3.63, 3.8) is 0 Å². The number of nitrogens with zero attached hydrogens (tertiary/aromatic N) is 2. The number of unbranched alkanes of at least 4 members (excludes halogenated alkanes) is 2. The number of hydrogen-bond acceptors (Lipinski definition) is 3. The van der Waals surface area contributed by atoms with E-state index >= 15 is 0 Å². The Morgan fingerprint density at radius 2 is 1.81 bits per heavy atom. The Hall–Kier alpha value is -2.46. The molecule has 0 bridgehead atoms. The second-order valence-electron chi connectivity index (χ2n) is 9.23. The molecule has 0 saturated heterocycles. The van der Waals surface area contributed by atoms with Gasteiger partial charge in [-0.15, -0.1) is 0 Å².